The van der Waals surface area contributed by atoms with Crippen molar-refractivity contribution in [3.63, 3.8) is 0 Å². The molecule has 0 bridgehead atoms. The first-order chi connectivity index (χ1) is 11.2. The van der Waals surface area contributed by atoms with Crippen molar-refractivity contribution >= 4 is 11.5 Å². The molecule has 2 aromatic carbocycles. The SMILES string of the molecule is CC(=O)c1ccc(OCc2ccccc2)c(C(F)(F)F)c1[N+](=O)[O-]. The lowest BCUT2D eigenvalue weighted by Gasteiger charge is -2.15. The predicted octanol–water partition coefficient (Wildman–Crippen LogP) is 4.40. The molecule has 0 heterocycles. The molecule has 5 nitrogen and oxygen atoms in total. The molecule has 0 aromatic heterocycles. The number of rotatable bonds is 5. The first-order valence-electron chi connectivity index (χ1n) is 6.78. The summed E-state index contributed by atoms with van der Waals surface area (Å²) >= 11 is 0. The highest BCUT2D eigenvalue weighted by molar-refractivity contribution is 5.99. The quantitative estimate of drug-likeness (QED) is 0.460. The van der Waals surface area contributed by atoms with E-state index >= 15 is 0 Å². The molecule has 0 atom stereocenters. The van der Waals surface area contributed by atoms with Crippen molar-refractivity contribution in [2.75, 3.05) is 0 Å². The molecule has 0 radical (unpaired) electrons. The molecule has 0 fully saturated rings. The van der Waals surface area contributed by atoms with Gasteiger partial charge in [0.05, 0.1) is 10.5 Å². The molecule has 0 N–H and O–H groups in total. The second-order valence-corrected chi connectivity index (χ2v) is 4.92. The zero-order valence-corrected chi connectivity index (χ0v) is 12.5. The number of nitrogens with zero attached hydrogens (tertiary/aromatic N) is 1. The molecule has 0 aliphatic carbocycles. The van der Waals surface area contributed by atoms with Crippen LogP contribution in [-0.4, -0.2) is 10.7 Å². The van der Waals surface area contributed by atoms with Gasteiger partial charge in [-0.05, 0) is 24.6 Å². The molecule has 0 unspecified atom stereocenters. The smallest absolute Gasteiger partial charge is 0.426 e. The minimum absolute atomic E-state index is 0.194. The van der Waals surface area contributed by atoms with E-state index in [2.05, 4.69) is 0 Å². The van der Waals surface area contributed by atoms with Crippen LogP contribution in [0.4, 0.5) is 18.9 Å². The van der Waals surface area contributed by atoms with Gasteiger partial charge in [-0.2, -0.15) is 13.2 Å². The van der Waals surface area contributed by atoms with Gasteiger partial charge in [-0.15, -0.1) is 0 Å². The lowest BCUT2D eigenvalue weighted by atomic mass is 10.0. The summed E-state index contributed by atoms with van der Waals surface area (Å²) in [4.78, 5) is 21.3. The highest BCUT2D eigenvalue weighted by Gasteiger charge is 2.44. The van der Waals surface area contributed by atoms with Crippen molar-refractivity contribution in [2.24, 2.45) is 0 Å². The van der Waals surface area contributed by atoms with E-state index in [1.54, 1.807) is 30.3 Å². The van der Waals surface area contributed by atoms with E-state index in [-0.39, 0.29) is 6.61 Å². The van der Waals surface area contributed by atoms with Crippen LogP contribution in [0.1, 0.15) is 28.4 Å². The number of halogens is 3. The van der Waals surface area contributed by atoms with Crippen molar-refractivity contribution < 1.29 is 27.6 Å². The first kappa shape index (κ1) is 17.5. The van der Waals surface area contributed by atoms with Crippen LogP contribution >= 0.6 is 0 Å². The lowest BCUT2D eigenvalue weighted by Crippen LogP contribution is -2.15. The van der Waals surface area contributed by atoms with E-state index in [9.17, 15) is 28.1 Å². The number of hydrogen-bond acceptors (Lipinski definition) is 4. The van der Waals surface area contributed by atoms with Gasteiger partial charge >= 0.3 is 6.18 Å². The summed E-state index contributed by atoms with van der Waals surface area (Å²) in [5.74, 6) is -1.52. The van der Waals surface area contributed by atoms with Gasteiger partial charge in [-0.25, -0.2) is 0 Å². The van der Waals surface area contributed by atoms with E-state index < -0.39 is 39.4 Å². The number of carbonyl (C=O) groups is 1. The summed E-state index contributed by atoms with van der Waals surface area (Å²) in [6, 6.07) is 10.3. The second-order valence-electron chi connectivity index (χ2n) is 4.92. The highest BCUT2D eigenvalue weighted by Crippen LogP contribution is 2.44. The minimum atomic E-state index is -5.04. The van der Waals surface area contributed by atoms with E-state index in [1.165, 1.54) is 0 Å². The monoisotopic (exact) mass is 339 g/mol. The predicted molar refractivity (Wildman–Crippen MR) is 78.9 cm³/mol. The third-order valence-electron chi connectivity index (χ3n) is 3.22. The van der Waals surface area contributed by atoms with Crippen molar-refractivity contribution in [3.05, 3.63) is 69.3 Å². The Hall–Kier alpha value is -2.90. The van der Waals surface area contributed by atoms with E-state index in [4.69, 9.17) is 4.74 Å². The normalized spacial score (nSPS) is 11.2. The van der Waals surface area contributed by atoms with Crippen molar-refractivity contribution in [1.82, 2.24) is 0 Å². The van der Waals surface area contributed by atoms with Crippen molar-refractivity contribution in [3.8, 4) is 5.75 Å². The van der Waals surface area contributed by atoms with Crippen LogP contribution in [0.5, 0.6) is 5.75 Å². The Morgan fingerprint density at radius 1 is 1.17 bits per heavy atom. The van der Waals surface area contributed by atoms with Crippen molar-refractivity contribution in [1.29, 1.82) is 0 Å². The average molecular weight is 339 g/mol. The lowest BCUT2D eigenvalue weighted by molar-refractivity contribution is -0.388. The van der Waals surface area contributed by atoms with Crippen LogP contribution in [0.3, 0.4) is 0 Å². The molecule has 8 heteroatoms. The summed E-state index contributed by atoms with van der Waals surface area (Å²) in [6.45, 7) is 0.771. The fraction of sp³-hybridized carbons (Fsp3) is 0.188. The minimum Gasteiger partial charge on any atom is -0.488 e. The molecule has 2 rings (SSSR count). The zero-order valence-electron chi connectivity index (χ0n) is 12.5. The molecule has 0 amide bonds. The molecule has 0 aliphatic heterocycles. The molecular formula is C16H12F3NO4. The maximum absolute atomic E-state index is 13.3. The Balaban J connectivity index is 2.53. The van der Waals surface area contributed by atoms with Crippen LogP contribution in [0.25, 0.3) is 0 Å². The molecule has 126 valence electrons. The topological polar surface area (TPSA) is 69.4 Å². The zero-order chi connectivity index (χ0) is 17.9. The molecule has 2 aromatic rings. The third kappa shape index (κ3) is 3.70. The molecule has 0 saturated carbocycles. The van der Waals surface area contributed by atoms with Gasteiger partial charge in [0.2, 0.25) is 0 Å². The van der Waals surface area contributed by atoms with Gasteiger partial charge < -0.3 is 4.74 Å². The maximum Gasteiger partial charge on any atom is 0.426 e. The molecule has 24 heavy (non-hydrogen) atoms. The number of benzene rings is 2. The Bertz CT molecular complexity index is 773. The van der Waals surface area contributed by atoms with Crippen LogP contribution in [-0.2, 0) is 12.8 Å². The Morgan fingerprint density at radius 2 is 1.79 bits per heavy atom. The molecule has 0 saturated heterocycles. The van der Waals surface area contributed by atoms with Gasteiger partial charge in [0.1, 0.15) is 12.4 Å². The summed E-state index contributed by atoms with van der Waals surface area (Å²) in [7, 11) is 0. The van der Waals surface area contributed by atoms with Gasteiger partial charge in [0, 0.05) is 0 Å². The number of ether oxygens (including phenoxy) is 1. The number of nitro benzene ring substituents is 1. The van der Waals surface area contributed by atoms with Crippen molar-refractivity contribution in [2.45, 2.75) is 19.7 Å². The van der Waals surface area contributed by atoms with Crippen LogP contribution in [0, 0.1) is 10.1 Å². The van der Waals surface area contributed by atoms with Gasteiger partial charge in [0.25, 0.3) is 5.69 Å². The van der Waals surface area contributed by atoms with Gasteiger partial charge in [0.15, 0.2) is 11.3 Å². The average Bonchev–Trinajstić information content (AvgIpc) is 2.51. The summed E-state index contributed by atoms with van der Waals surface area (Å²) in [6.07, 6.45) is -5.04. The summed E-state index contributed by atoms with van der Waals surface area (Å²) < 4.78 is 45.2. The fourth-order valence-corrected chi connectivity index (χ4v) is 2.18. The van der Waals surface area contributed by atoms with E-state index in [0.717, 1.165) is 19.1 Å². The number of ketones is 1. The van der Waals surface area contributed by atoms with Crippen LogP contribution in [0.2, 0.25) is 0 Å². The Kier molecular flexibility index (Phi) is 4.87. The third-order valence-corrected chi connectivity index (χ3v) is 3.22. The highest BCUT2D eigenvalue weighted by atomic mass is 19.4. The second kappa shape index (κ2) is 6.69. The van der Waals surface area contributed by atoms with Gasteiger partial charge in [-0.1, -0.05) is 30.3 Å². The van der Waals surface area contributed by atoms with Gasteiger partial charge in [-0.3, -0.25) is 14.9 Å². The number of hydrogen-bond donors (Lipinski definition) is 0. The molecule has 0 spiro atoms. The largest absolute Gasteiger partial charge is 0.488 e. The number of carbonyl (C=O) groups excluding carboxylic acids is 1. The Labute approximate surface area is 134 Å². The number of Topliss-reactive ketones (excluding diaryl/α,β-unsaturated/α-hetero) is 1. The fourth-order valence-electron chi connectivity index (χ4n) is 2.18. The molecular weight excluding hydrogens is 327 g/mol. The summed E-state index contributed by atoms with van der Waals surface area (Å²) in [5, 5.41) is 11.1. The summed E-state index contributed by atoms with van der Waals surface area (Å²) in [5.41, 5.74) is -2.86. The standard InChI is InChI=1S/C16H12F3NO4/c1-10(21)12-7-8-13(24-9-11-5-3-2-4-6-11)14(16(17,18)19)15(12)20(22)23/h2-8H,9H2,1H3. The van der Waals surface area contributed by atoms with Crippen LogP contribution < -0.4 is 4.74 Å². The van der Waals surface area contributed by atoms with Crippen LogP contribution in [0.15, 0.2) is 42.5 Å². The Morgan fingerprint density at radius 3 is 2.29 bits per heavy atom. The molecule has 0 aliphatic rings. The maximum atomic E-state index is 13.3. The number of alkyl halides is 3. The van der Waals surface area contributed by atoms with E-state index in [0.29, 0.717) is 5.56 Å². The van der Waals surface area contributed by atoms with E-state index in [1.807, 2.05) is 0 Å². The first-order valence-corrected chi connectivity index (χ1v) is 6.78. The number of nitro groups is 1.